The maximum atomic E-state index is 12.8. The van der Waals surface area contributed by atoms with Crippen LogP contribution in [0.15, 0.2) is 78.9 Å². The molecule has 0 fully saturated rings. The van der Waals surface area contributed by atoms with Crippen LogP contribution in [0.3, 0.4) is 0 Å². The van der Waals surface area contributed by atoms with Crippen LogP contribution in [0.5, 0.6) is 17.2 Å². The van der Waals surface area contributed by atoms with Crippen LogP contribution in [0, 0.1) is 0 Å². The third-order valence-electron chi connectivity index (χ3n) is 6.56. The Kier molecular flexibility index (Phi) is 6.77. The molecule has 1 aliphatic rings. The molecule has 9 heteroatoms. The lowest BCUT2D eigenvalue weighted by Crippen LogP contribution is -2.11. The number of ether oxygens (including phenoxy) is 3. The molecule has 196 valence electrons. The first-order valence-corrected chi connectivity index (χ1v) is 13.1. The lowest BCUT2D eigenvalue weighted by Gasteiger charge is -2.12. The molecule has 6 rings (SSSR count). The summed E-state index contributed by atoms with van der Waals surface area (Å²) in [5.74, 6) is 0.581. The smallest absolute Gasteiger partial charge is 0.353 e. The van der Waals surface area contributed by atoms with Crippen molar-refractivity contribution in [3.63, 3.8) is 0 Å². The van der Waals surface area contributed by atoms with Crippen molar-refractivity contribution in [3.8, 4) is 28.4 Å². The van der Waals surface area contributed by atoms with Gasteiger partial charge in [0.15, 0.2) is 11.5 Å². The zero-order chi connectivity index (χ0) is 27.1. The molecule has 5 aromatic rings. The van der Waals surface area contributed by atoms with Gasteiger partial charge in [-0.3, -0.25) is 0 Å². The van der Waals surface area contributed by atoms with Crippen molar-refractivity contribution in [2.24, 2.45) is 0 Å². The minimum absolute atomic E-state index is 0.0585. The van der Waals surface area contributed by atoms with Gasteiger partial charge in [0.2, 0.25) is 6.79 Å². The molecule has 4 aromatic carbocycles. The number of carboxylic acids is 1. The van der Waals surface area contributed by atoms with E-state index in [1.165, 1.54) is 0 Å². The van der Waals surface area contributed by atoms with Crippen LogP contribution in [-0.4, -0.2) is 22.4 Å². The molecule has 0 saturated carbocycles. The van der Waals surface area contributed by atoms with E-state index in [0.717, 1.165) is 5.56 Å². The number of rotatable bonds is 7. The Morgan fingerprint density at radius 1 is 0.897 bits per heavy atom. The Bertz CT molecular complexity index is 1730. The van der Waals surface area contributed by atoms with Crippen LogP contribution < -0.4 is 14.2 Å². The van der Waals surface area contributed by atoms with Crippen molar-refractivity contribution in [2.75, 3.05) is 6.79 Å². The maximum Gasteiger partial charge on any atom is 0.353 e. The van der Waals surface area contributed by atoms with Crippen molar-refractivity contribution in [1.82, 2.24) is 4.57 Å². The Morgan fingerprint density at radius 3 is 2.41 bits per heavy atom. The molecule has 0 radical (unpaired) electrons. The van der Waals surface area contributed by atoms with E-state index in [0.29, 0.717) is 66.5 Å². The second-order valence-electron chi connectivity index (χ2n) is 8.99. The van der Waals surface area contributed by atoms with E-state index in [9.17, 15) is 9.90 Å². The quantitative estimate of drug-likeness (QED) is 0.210. The summed E-state index contributed by atoms with van der Waals surface area (Å²) < 4.78 is 18.7. The largest absolute Gasteiger partial charge is 0.489 e. The lowest BCUT2D eigenvalue weighted by atomic mass is 10.0. The van der Waals surface area contributed by atoms with Gasteiger partial charge in [0.1, 0.15) is 18.1 Å². The van der Waals surface area contributed by atoms with E-state index in [-0.39, 0.29) is 19.0 Å². The van der Waals surface area contributed by atoms with Gasteiger partial charge in [-0.05, 0) is 47.5 Å². The summed E-state index contributed by atoms with van der Waals surface area (Å²) in [5.41, 5.74) is 3.43. The normalized spacial score (nSPS) is 12.2. The second-order valence-corrected chi connectivity index (χ2v) is 10.2. The monoisotopic (exact) mass is 579 g/mol. The molecule has 0 aliphatic carbocycles. The number of fused-ring (bicyclic) bond motifs is 2. The molecular weight excluding hydrogens is 561 g/mol. The number of hydrogen-bond donors (Lipinski definition) is 1. The number of benzene rings is 4. The van der Waals surface area contributed by atoms with Crippen LogP contribution in [-0.2, 0) is 13.2 Å². The summed E-state index contributed by atoms with van der Waals surface area (Å²) in [4.78, 5) is 12.8. The Morgan fingerprint density at radius 2 is 1.67 bits per heavy atom. The Labute approximate surface area is 238 Å². The van der Waals surface area contributed by atoms with Crippen LogP contribution in [0.25, 0.3) is 22.0 Å². The molecule has 6 nitrogen and oxygen atoms in total. The fourth-order valence-corrected chi connectivity index (χ4v) is 5.48. The van der Waals surface area contributed by atoms with E-state index in [1.54, 1.807) is 34.9 Å². The first-order chi connectivity index (χ1) is 18.9. The molecule has 1 aromatic heterocycles. The summed E-state index contributed by atoms with van der Waals surface area (Å²) in [6.07, 6.45) is 0. The second kappa shape index (κ2) is 10.4. The first kappa shape index (κ1) is 25.4. The highest BCUT2D eigenvalue weighted by Gasteiger charge is 2.27. The van der Waals surface area contributed by atoms with Crippen LogP contribution in [0.1, 0.15) is 21.6 Å². The average molecular weight is 581 g/mol. The molecule has 0 spiro atoms. The van der Waals surface area contributed by atoms with Gasteiger partial charge in [0.25, 0.3) is 0 Å². The summed E-state index contributed by atoms with van der Waals surface area (Å²) in [5, 5.41) is 12.4. The number of hydrogen-bond acceptors (Lipinski definition) is 4. The van der Waals surface area contributed by atoms with Gasteiger partial charge < -0.3 is 23.9 Å². The van der Waals surface area contributed by atoms with Crippen molar-refractivity contribution in [1.29, 1.82) is 0 Å². The molecule has 0 saturated heterocycles. The molecule has 0 unspecified atom stereocenters. The number of nitrogens with zero attached hydrogens (tertiary/aromatic N) is 1. The van der Waals surface area contributed by atoms with Gasteiger partial charge >= 0.3 is 5.97 Å². The van der Waals surface area contributed by atoms with E-state index >= 15 is 0 Å². The van der Waals surface area contributed by atoms with Crippen LogP contribution in [0.2, 0.25) is 15.1 Å². The minimum Gasteiger partial charge on any atom is -0.489 e. The van der Waals surface area contributed by atoms with E-state index in [2.05, 4.69) is 0 Å². The van der Waals surface area contributed by atoms with Crippen LogP contribution >= 0.6 is 34.8 Å². The van der Waals surface area contributed by atoms with Crippen molar-refractivity contribution < 1.29 is 24.1 Å². The molecule has 0 atom stereocenters. The highest BCUT2D eigenvalue weighted by molar-refractivity contribution is 6.37. The summed E-state index contributed by atoms with van der Waals surface area (Å²) >= 11 is 19.4. The number of halogens is 3. The fraction of sp³-hybridized carbons (Fsp3) is 0.100. The summed E-state index contributed by atoms with van der Waals surface area (Å²) in [7, 11) is 0. The predicted molar refractivity (Wildman–Crippen MR) is 152 cm³/mol. The predicted octanol–water partition coefficient (Wildman–Crippen LogP) is 8.32. The van der Waals surface area contributed by atoms with Crippen LogP contribution in [0.4, 0.5) is 0 Å². The zero-order valence-electron chi connectivity index (χ0n) is 20.3. The molecule has 39 heavy (non-hydrogen) atoms. The fourth-order valence-electron chi connectivity index (χ4n) is 4.77. The van der Waals surface area contributed by atoms with Gasteiger partial charge in [0.05, 0.1) is 6.54 Å². The highest BCUT2D eigenvalue weighted by atomic mass is 35.5. The number of carboxylic acid groups (broad SMARTS) is 1. The number of aromatic carboxylic acids is 1. The third-order valence-corrected chi connectivity index (χ3v) is 7.46. The number of carbonyl (C=O) groups is 1. The molecular formula is C30H20Cl3NO5. The van der Waals surface area contributed by atoms with E-state index < -0.39 is 5.97 Å². The summed E-state index contributed by atoms with van der Waals surface area (Å²) in [6.45, 7) is 0.638. The van der Waals surface area contributed by atoms with Gasteiger partial charge in [0, 0.05) is 43.2 Å². The Balaban J connectivity index is 1.53. The van der Waals surface area contributed by atoms with Crippen molar-refractivity contribution in [3.05, 3.63) is 111 Å². The zero-order valence-corrected chi connectivity index (χ0v) is 22.6. The minimum atomic E-state index is -1.11. The maximum absolute atomic E-state index is 12.8. The van der Waals surface area contributed by atoms with E-state index in [1.807, 2.05) is 48.5 Å². The molecule has 2 heterocycles. The molecule has 0 bridgehead atoms. The average Bonchev–Trinajstić information content (AvgIpc) is 3.50. The van der Waals surface area contributed by atoms with E-state index in [4.69, 9.17) is 49.0 Å². The SMILES string of the molecule is O=C(O)c1c(-c2ccc(Cl)cc2Cl)c2cc(OCc3ccccc3)ccc2n1Cc1cc2c(cc1Cl)OCO2. The Hall–Kier alpha value is -3.84. The number of aromatic nitrogens is 1. The van der Waals surface area contributed by atoms with Gasteiger partial charge in [-0.25, -0.2) is 4.79 Å². The van der Waals surface area contributed by atoms with Gasteiger partial charge in [-0.1, -0.05) is 71.2 Å². The standard InChI is InChI=1S/C30H20Cl3NO5/c31-19-6-8-21(24(33)11-19)28-22-12-20(37-15-17-4-2-1-3-5-17)7-9-25(22)34(29(28)30(35)36)14-18-10-26-27(13-23(18)32)39-16-38-26/h1-13H,14-16H2,(H,35,36). The molecule has 1 aliphatic heterocycles. The van der Waals surface area contributed by atoms with Gasteiger partial charge in [-0.15, -0.1) is 0 Å². The van der Waals surface area contributed by atoms with Crippen molar-refractivity contribution >= 4 is 51.7 Å². The van der Waals surface area contributed by atoms with Gasteiger partial charge in [-0.2, -0.15) is 0 Å². The topological polar surface area (TPSA) is 69.9 Å². The van der Waals surface area contributed by atoms with Crippen molar-refractivity contribution in [2.45, 2.75) is 13.2 Å². The first-order valence-electron chi connectivity index (χ1n) is 12.0. The third kappa shape index (κ3) is 4.87. The highest BCUT2D eigenvalue weighted by Crippen LogP contribution is 2.43. The molecule has 1 N–H and O–H groups in total. The lowest BCUT2D eigenvalue weighted by molar-refractivity contribution is 0.0687. The molecule has 0 amide bonds. The summed E-state index contributed by atoms with van der Waals surface area (Å²) in [6, 6.07) is 23.7.